The second kappa shape index (κ2) is 5.10. The molecule has 1 aliphatic rings. The fraction of sp³-hybridized carbons (Fsp3) is 0.400. The number of rotatable bonds is 2. The Morgan fingerprint density at radius 2 is 2.00 bits per heavy atom. The van der Waals surface area contributed by atoms with Gasteiger partial charge in [-0.2, -0.15) is 0 Å². The maximum Gasteiger partial charge on any atom is 0.0992 e. The molecule has 4 heteroatoms. The summed E-state index contributed by atoms with van der Waals surface area (Å²) in [6.45, 7) is 0. The minimum Gasteiger partial charge on any atom is -0.321 e. The number of halogens is 1. The van der Waals surface area contributed by atoms with E-state index in [-0.39, 0.29) is 5.54 Å². The average Bonchev–Trinajstić information content (AvgIpc) is 2.93. The van der Waals surface area contributed by atoms with E-state index in [4.69, 9.17) is 5.73 Å². The van der Waals surface area contributed by atoms with Crippen molar-refractivity contribution in [2.45, 2.75) is 37.6 Å². The molecule has 0 aliphatic heterocycles. The first-order valence-corrected chi connectivity index (χ1v) is 7.56. The summed E-state index contributed by atoms with van der Waals surface area (Å²) in [5.41, 5.74) is 8.77. The normalized spacial score (nSPS) is 18.4. The van der Waals surface area contributed by atoms with Gasteiger partial charge in [-0.05, 0) is 46.5 Å². The highest BCUT2D eigenvalue weighted by atomic mass is 79.9. The van der Waals surface area contributed by atoms with Gasteiger partial charge in [0.25, 0.3) is 0 Å². The molecule has 0 unspecified atom stereocenters. The van der Waals surface area contributed by atoms with Crippen molar-refractivity contribution in [1.82, 2.24) is 9.55 Å². The zero-order valence-electron chi connectivity index (χ0n) is 10.8. The Morgan fingerprint density at radius 1 is 1.21 bits per heavy atom. The fourth-order valence-electron chi connectivity index (χ4n) is 2.90. The fourth-order valence-corrected chi connectivity index (χ4v) is 3.48. The molecule has 0 spiro atoms. The van der Waals surface area contributed by atoms with Crippen LogP contribution in [0.4, 0.5) is 0 Å². The largest absolute Gasteiger partial charge is 0.321 e. The lowest BCUT2D eigenvalue weighted by Gasteiger charge is -2.34. The quantitative estimate of drug-likeness (QED) is 0.916. The molecule has 2 N–H and O–H groups in total. The van der Waals surface area contributed by atoms with E-state index in [0.717, 1.165) is 23.0 Å². The molecule has 100 valence electrons. The van der Waals surface area contributed by atoms with Crippen molar-refractivity contribution in [2.24, 2.45) is 5.73 Å². The number of aromatic nitrogens is 2. The van der Waals surface area contributed by atoms with Crippen LogP contribution in [0.5, 0.6) is 0 Å². The summed E-state index contributed by atoms with van der Waals surface area (Å²) in [4.78, 5) is 4.08. The molecular formula is C15H18BrN3. The molecule has 1 aromatic carbocycles. The van der Waals surface area contributed by atoms with Gasteiger partial charge in [0.15, 0.2) is 0 Å². The first-order chi connectivity index (χ1) is 9.19. The lowest BCUT2D eigenvalue weighted by atomic mass is 9.77. The van der Waals surface area contributed by atoms with Crippen LogP contribution in [0.15, 0.2) is 41.4 Å². The van der Waals surface area contributed by atoms with E-state index in [2.05, 4.69) is 39.1 Å². The van der Waals surface area contributed by atoms with Crippen LogP contribution >= 0.6 is 15.9 Å². The molecule has 0 atom stereocenters. The highest BCUT2D eigenvalue weighted by Crippen LogP contribution is 2.36. The van der Waals surface area contributed by atoms with E-state index >= 15 is 0 Å². The summed E-state index contributed by atoms with van der Waals surface area (Å²) in [6, 6.07) is 6.44. The highest BCUT2D eigenvalue weighted by molar-refractivity contribution is 9.10. The summed E-state index contributed by atoms with van der Waals surface area (Å²) < 4.78 is 3.07. The Morgan fingerprint density at radius 3 is 2.63 bits per heavy atom. The number of benzene rings is 1. The minimum absolute atomic E-state index is 0.145. The van der Waals surface area contributed by atoms with Gasteiger partial charge in [0.2, 0.25) is 0 Å². The first kappa shape index (κ1) is 12.9. The van der Waals surface area contributed by atoms with Crippen LogP contribution in [0.2, 0.25) is 0 Å². The molecule has 0 bridgehead atoms. The average molecular weight is 320 g/mol. The molecular weight excluding hydrogens is 302 g/mol. The van der Waals surface area contributed by atoms with E-state index in [1.54, 1.807) is 12.5 Å². The predicted octanol–water partition coefficient (Wildman–Crippen LogP) is 3.75. The van der Waals surface area contributed by atoms with E-state index in [1.807, 2.05) is 10.8 Å². The van der Waals surface area contributed by atoms with E-state index in [1.165, 1.54) is 24.8 Å². The molecule has 0 saturated heterocycles. The Bertz CT molecular complexity index is 557. The van der Waals surface area contributed by atoms with Crippen molar-refractivity contribution >= 4 is 15.9 Å². The maximum absolute atomic E-state index is 6.58. The van der Waals surface area contributed by atoms with Crippen molar-refractivity contribution in [3.8, 4) is 5.69 Å². The van der Waals surface area contributed by atoms with Crippen molar-refractivity contribution in [3.05, 3.63) is 47.0 Å². The van der Waals surface area contributed by atoms with Crippen LogP contribution < -0.4 is 5.73 Å². The molecule has 0 radical (unpaired) electrons. The number of hydrogen-bond acceptors (Lipinski definition) is 2. The maximum atomic E-state index is 6.58. The van der Waals surface area contributed by atoms with Crippen LogP contribution in [0.25, 0.3) is 5.69 Å². The Labute approximate surface area is 122 Å². The standard InChI is InChI=1S/C15H18BrN3/c16-13-10-12(15(17)6-2-1-3-7-15)4-5-14(13)19-9-8-18-11-19/h4-5,8-11H,1-3,6-7,17H2. The second-order valence-electron chi connectivity index (χ2n) is 5.35. The third kappa shape index (κ3) is 2.47. The topological polar surface area (TPSA) is 43.8 Å². The minimum atomic E-state index is -0.145. The van der Waals surface area contributed by atoms with Crippen LogP contribution in [0, 0.1) is 0 Å². The predicted molar refractivity (Wildman–Crippen MR) is 80.2 cm³/mol. The number of nitrogens with zero attached hydrogens (tertiary/aromatic N) is 2. The molecule has 3 nitrogen and oxygen atoms in total. The van der Waals surface area contributed by atoms with Gasteiger partial charge in [-0.3, -0.25) is 0 Å². The number of hydrogen-bond donors (Lipinski definition) is 1. The van der Waals surface area contributed by atoms with Gasteiger partial charge in [0.05, 0.1) is 12.0 Å². The van der Waals surface area contributed by atoms with Crippen LogP contribution in [-0.4, -0.2) is 9.55 Å². The summed E-state index contributed by atoms with van der Waals surface area (Å²) in [5, 5.41) is 0. The van der Waals surface area contributed by atoms with Crippen molar-refractivity contribution in [3.63, 3.8) is 0 Å². The van der Waals surface area contributed by atoms with E-state index in [9.17, 15) is 0 Å². The van der Waals surface area contributed by atoms with Gasteiger partial charge in [0.1, 0.15) is 0 Å². The lowest BCUT2D eigenvalue weighted by molar-refractivity contribution is 0.302. The molecule has 2 aromatic rings. The van der Waals surface area contributed by atoms with Crippen LogP contribution in [-0.2, 0) is 5.54 Å². The lowest BCUT2D eigenvalue weighted by Crippen LogP contribution is -2.38. The van der Waals surface area contributed by atoms with Crippen molar-refractivity contribution < 1.29 is 0 Å². The number of nitrogens with two attached hydrogens (primary N) is 1. The third-order valence-electron chi connectivity index (χ3n) is 4.05. The van der Waals surface area contributed by atoms with Gasteiger partial charge in [-0.1, -0.05) is 25.3 Å². The summed E-state index contributed by atoms with van der Waals surface area (Å²) in [5.74, 6) is 0. The zero-order chi connectivity index (χ0) is 13.3. The summed E-state index contributed by atoms with van der Waals surface area (Å²) in [7, 11) is 0. The first-order valence-electron chi connectivity index (χ1n) is 6.76. The molecule has 3 rings (SSSR count). The van der Waals surface area contributed by atoms with Crippen LogP contribution in [0.1, 0.15) is 37.7 Å². The molecule has 19 heavy (non-hydrogen) atoms. The number of imidazole rings is 1. The molecule has 1 aliphatic carbocycles. The molecule has 0 amide bonds. The van der Waals surface area contributed by atoms with E-state index < -0.39 is 0 Å². The summed E-state index contributed by atoms with van der Waals surface area (Å²) in [6.07, 6.45) is 11.5. The molecule has 1 aromatic heterocycles. The molecule has 1 saturated carbocycles. The second-order valence-corrected chi connectivity index (χ2v) is 6.21. The zero-order valence-corrected chi connectivity index (χ0v) is 12.4. The SMILES string of the molecule is NC1(c2ccc(-n3ccnc3)c(Br)c2)CCCCC1. The Kier molecular flexibility index (Phi) is 3.46. The monoisotopic (exact) mass is 319 g/mol. The van der Waals surface area contributed by atoms with Crippen molar-refractivity contribution in [2.75, 3.05) is 0 Å². The third-order valence-corrected chi connectivity index (χ3v) is 4.69. The summed E-state index contributed by atoms with van der Waals surface area (Å²) >= 11 is 3.66. The van der Waals surface area contributed by atoms with Gasteiger partial charge in [-0.25, -0.2) is 4.98 Å². The molecule has 1 heterocycles. The van der Waals surface area contributed by atoms with E-state index in [0.29, 0.717) is 0 Å². The van der Waals surface area contributed by atoms with Gasteiger partial charge in [0, 0.05) is 22.4 Å². The molecule has 1 fully saturated rings. The highest BCUT2D eigenvalue weighted by Gasteiger charge is 2.29. The smallest absolute Gasteiger partial charge is 0.0992 e. The van der Waals surface area contributed by atoms with Gasteiger partial charge < -0.3 is 10.3 Å². The van der Waals surface area contributed by atoms with Crippen LogP contribution in [0.3, 0.4) is 0 Å². The van der Waals surface area contributed by atoms with Gasteiger partial charge in [-0.15, -0.1) is 0 Å². The van der Waals surface area contributed by atoms with Gasteiger partial charge >= 0.3 is 0 Å². The Hall–Kier alpha value is -1.13. The Balaban J connectivity index is 1.95. The van der Waals surface area contributed by atoms with Crippen molar-refractivity contribution in [1.29, 1.82) is 0 Å².